The molecule has 0 aliphatic heterocycles. The van der Waals surface area contributed by atoms with Crippen LogP contribution in [0.25, 0.3) is 0 Å². The number of hydrogen-bond acceptors (Lipinski definition) is 2. The monoisotopic (exact) mass is 168 g/mol. The lowest BCUT2D eigenvalue weighted by molar-refractivity contribution is 0.489. The standard InChI is InChI=1S/C10H20N2/c1-7(2)9(8(3)4)10(11)12(5)6/h8H,1,11H2,2-6H3/b10-9+. The fourth-order valence-corrected chi connectivity index (χ4v) is 1.25. The van der Waals surface area contributed by atoms with Gasteiger partial charge in [0.2, 0.25) is 0 Å². The Hall–Kier alpha value is -0.920. The Morgan fingerprint density at radius 1 is 1.33 bits per heavy atom. The first kappa shape index (κ1) is 11.1. The van der Waals surface area contributed by atoms with E-state index in [1.807, 2.05) is 25.9 Å². The molecular weight excluding hydrogens is 148 g/mol. The van der Waals surface area contributed by atoms with Crippen molar-refractivity contribution in [3.05, 3.63) is 23.5 Å². The Kier molecular flexibility index (Phi) is 3.87. The Labute approximate surface area is 75.7 Å². The van der Waals surface area contributed by atoms with Crippen molar-refractivity contribution >= 4 is 0 Å². The van der Waals surface area contributed by atoms with Crippen molar-refractivity contribution in [2.45, 2.75) is 20.8 Å². The molecule has 0 bridgehead atoms. The van der Waals surface area contributed by atoms with Crippen LogP contribution < -0.4 is 5.73 Å². The molecule has 0 aliphatic carbocycles. The Morgan fingerprint density at radius 2 is 1.75 bits per heavy atom. The summed E-state index contributed by atoms with van der Waals surface area (Å²) in [7, 11) is 3.89. The fraction of sp³-hybridized carbons (Fsp3) is 0.600. The molecule has 0 spiro atoms. The molecular formula is C10H20N2. The van der Waals surface area contributed by atoms with E-state index in [0.717, 1.165) is 17.0 Å². The van der Waals surface area contributed by atoms with E-state index in [0.29, 0.717) is 5.92 Å². The van der Waals surface area contributed by atoms with Gasteiger partial charge in [0.05, 0.1) is 0 Å². The molecule has 0 amide bonds. The van der Waals surface area contributed by atoms with E-state index in [2.05, 4.69) is 20.4 Å². The first-order valence-electron chi connectivity index (χ1n) is 4.20. The summed E-state index contributed by atoms with van der Waals surface area (Å²) in [5.74, 6) is 1.25. The predicted octanol–water partition coefficient (Wildman–Crippen LogP) is 1.95. The minimum Gasteiger partial charge on any atom is -0.385 e. The third kappa shape index (κ3) is 2.61. The van der Waals surface area contributed by atoms with E-state index >= 15 is 0 Å². The molecule has 0 aromatic heterocycles. The van der Waals surface area contributed by atoms with Crippen LogP contribution in [0.15, 0.2) is 23.5 Å². The van der Waals surface area contributed by atoms with E-state index in [-0.39, 0.29) is 0 Å². The van der Waals surface area contributed by atoms with E-state index in [9.17, 15) is 0 Å². The van der Waals surface area contributed by atoms with Crippen LogP contribution in [-0.4, -0.2) is 19.0 Å². The second-order valence-electron chi connectivity index (χ2n) is 3.63. The second-order valence-corrected chi connectivity index (χ2v) is 3.63. The maximum atomic E-state index is 5.91. The smallest absolute Gasteiger partial charge is 0.102 e. The van der Waals surface area contributed by atoms with Crippen molar-refractivity contribution in [3.63, 3.8) is 0 Å². The van der Waals surface area contributed by atoms with Gasteiger partial charge in [0.15, 0.2) is 0 Å². The predicted molar refractivity (Wildman–Crippen MR) is 54.6 cm³/mol. The fourth-order valence-electron chi connectivity index (χ4n) is 1.25. The number of rotatable bonds is 3. The topological polar surface area (TPSA) is 29.3 Å². The minimum absolute atomic E-state index is 0.435. The Morgan fingerprint density at radius 3 is 1.83 bits per heavy atom. The maximum Gasteiger partial charge on any atom is 0.102 e. The van der Waals surface area contributed by atoms with Gasteiger partial charge in [-0.1, -0.05) is 26.0 Å². The molecule has 0 atom stereocenters. The van der Waals surface area contributed by atoms with Crippen molar-refractivity contribution in [1.82, 2.24) is 4.90 Å². The van der Waals surface area contributed by atoms with E-state index in [1.54, 1.807) is 0 Å². The van der Waals surface area contributed by atoms with Crippen LogP contribution in [-0.2, 0) is 0 Å². The summed E-state index contributed by atoms with van der Waals surface area (Å²) in [5, 5.41) is 0. The zero-order valence-electron chi connectivity index (χ0n) is 8.81. The maximum absolute atomic E-state index is 5.91. The van der Waals surface area contributed by atoms with Gasteiger partial charge >= 0.3 is 0 Å². The van der Waals surface area contributed by atoms with E-state index in [1.165, 1.54) is 0 Å². The van der Waals surface area contributed by atoms with Gasteiger partial charge in [-0.05, 0) is 18.4 Å². The molecule has 0 saturated heterocycles. The molecule has 0 unspecified atom stereocenters. The SMILES string of the molecule is C=C(C)/C(=C(/N)N(C)C)C(C)C. The third-order valence-electron chi connectivity index (χ3n) is 1.79. The van der Waals surface area contributed by atoms with Crippen molar-refractivity contribution < 1.29 is 0 Å². The van der Waals surface area contributed by atoms with Gasteiger partial charge in [0.25, 0.3) is 0 Å². The lowest BCUT2D eigenvalue weighted by Crippen LogP contribution is -2.22. The first-order chi connectivity index (χ1) is 5.37. The number of allylic oxidation sites excluding steroid dienone is 2. The number of nitrogens with two attached hydrogens (primary N) is 1. The van der Waals surface area contributed by atoms with E-state index in [4.69, 9.17) is 5.73 Å². The van der Waals surface area contributed by atoms with Gasteiger partial charge in [-0.25, -0.2) is 0 Å². The molecule has 0 radical (unpaired) electrons. The van der Waals surface area contributed by atoms with Gasteiger partial charge in [0.1, 0.15) is 5.82 Å². The summed E-state index contributed by atoms with van der Waals surface area (Å²) in [4.78, 5) is 1.92. The highest BCUT2D eigenvalue weighted by atomic mass is 15.1. The van der Waals surface area contributed by atoms with Gasteiger partial charge in [-0.15, -0.1) is 0 Å². The quantitative estimate of drug-likeness (QED) is 0.653. The highest BCUT2D eigenvalue weighted by Crippen LogP contribution is 2.20. The summed E-state index contributed by atoms with van der Waals surface area (Å²) in [6, 6.07) is 0. The molecule has 0 fully saturated rings. The molecule has 12 heavy (non-hydrogen) atoms. The van der Waals surface area contributed by atoms with Crippen LogP contribution in [0.5, 0.6) is 0 Å². The largest absolute Gasteiger partial charge is 0.385 e. The average molecular weight is 168 g/mol. The van der Waals surface area contributed by atoms with Crippen LogP contribution in [0.3, 0.4) is 0 Å². The summed E-state index contributed by atoms with van der Waals surface area (Å²) in [6.45, 7) is 10.2. The highest BCUT2D eigenvalue weighted by Gasteiger charge is 2.10. The van der Waals surface area contributed by atoms with Crippen molar-refractivity contribution in [2.75, 3.05) is 14.1 Å². The van der Waals surface area contributed by atoms with Gasteiger partial charge in [-0.2, -0.15) is 0 Å². The van der Waals surface area contributed by atoms with Crippen LogP contribution in [0.4, 0.5) is 0 Å². The lowest BCUT2D eigenvalue weighted by Gasteiger charge is -2.21. The minimum atomic E-state index is 0.435. The Bertz CT molecular complexity index is 200. The molecule has 70 valence electrons. The van der Waals surface area contributed by atoms with Crippen LogP contribution in [0, 0.1) is 5.92 Å². The zero-order valence-corrected chi connectivity index (χ0v) is 8.81. The average Bonchev–Trinajstić information content (AvgIpc) is 1.85. The molecule has 0 heterocycles. The van der Waals surface area contributed by atoms with Crippen LogP contribution in [0.1, 0.15) is 20.8 Å². The van der Waals surface area contributed by atoms with Crippen molar-refractivity contribution in [2.24, 2.45) is 11.7 Å². The van der Waals surface area contributed by atoms with Gasteiger partial charge in [0, 0.05) is 14.1 Å². The zero-order chi connectivity index (χ0) is 9.89. The summed E-state index contributed by atoms with van der Waals surface area (Å²) < 4.78 is 0. The van der Waals surface area contributed by atoms with Crippen LogP contribution >= 0.6 is 0 Å². The number of hydrogen-bond donors (Lipinski definition) is 1. The van der Waals surface area contributed by atoms with Crippen LogP contribution in [0.2, 0.25) is 0 Å². The van der Waals surface area contributed by atoms with Gasteiger partial charge < -0.3 is 10.6 Å². The third-order valence-corrected chi connectivity index (χ3v) is 1.79. The highest BCUT2D eigenvalue weighted by molar-refractivity contribution is 5.31. The van der Waals surface area contributed by atoms with Gasteiger partial charge in [-0.3, -0.25) is 0 Å². The molecule has 0 aromatic carbocycles. The molecule has 2 heteroatoms. The van der Waals surface area contributed by atoms with E-state index < -0.39 is 0 Å². The number of nitrogens with zero attached hydrogens (tertiary/aromatic N) is 1. The summed E-state index contributed by atoms with van der Waals surface area (Å²) in [5.41, 5.74) is 8.11. The molecule has 0 aromatic rings. The summed E-state index contributed by atoms with van der Waals surface area (Å²) in [6.07, 6.45) is 0. The molecule has 0 aliphatic rings. The normalized spacial score (nSPS) is 12.8. The van der Waals surface area contributed by atoms with Crippen molar-refractivity contribution in [1.29, 1.82) is 0 Å². The molecule has 0 rings (SSSR count). The van der Waals surface area contributed by atoms with Crippen molar-refractivity contribution in [3.8, 4) is 0 Å². The molecule has 2 nitrogen and oxygen atoms in total. The summed E-state index contributed by atoms with van der Waals surface area (Å²) >= 11 is 0. The molecule has 0 saturated carbocycles. The first-order valence-corrected chi connectivity index (χ1v) is 4.20. The second kappa shape index (κ2) is 4.19. The molecule has 2 N–H and O–H groups in total. The lowest BCUT2D eigenvalue weighted by atomic mass is 9.97. The Balaban J connectivity index is 4.94.